The van der Waals surface area contributed by atoms with Gasteiger partial charge in [0.2, 0.25) is 0 Å². The van der Waals surface area contributed by atoms with E-state index in [2.05, 4.69) is 12.1 Å². The van der Waals surface area contributed by atoms with Gasteiger partial charge in [-0.25, -0.2) is 0 Å². The van der Waals surface area contributed by atoms with E-state index in [-0.39, 0.29) is 6.61 Å². The predicted molar refractivity (Wildman–Crippen MR) is 73.2 cm³/mol. The monoisotopic (exact) mass is 250 g/mol. The minimum absolute atomic E-state index is 0.192. The van der Waals surface area contributed by atoms with Crippen LogP contribution in [-0.4, -0.2) is 11.7 Å². The highest BCUT2D eigenvalue weighted by molar-refractivity contribution is 6.30. The van der Waals surface area contributed by atoms with E-state index in [9.17, 15) is 5.11 Å². The molecule has 0 spiro atoms. The maximum atomic E-state index is 9.51. The van der Waals surface area contributed by atoms with Gasteiger partial charge in [0, 0.05) is 5.02 Å². The summed E-state index contributed by atoms with van der Waals surface area (Å²) in [5.41, 5.74) is 3.77. The first-order valence-corrected chi connectivity index (χ1v) is 6.77. The Morgan fingerprint density at radius 2 is 1.59 bits per heavy atom. The molecule has 1 N–H and O–H groups in total. The van der Waals surface area contributed by atoms with Crippen molar-refractivity contribution in [1.29, 1.82) is 0 Å². The summed E-state index contributed by atoms with van der Waals surface area (Å²) >= 11 is 5.91. The Labute approximate surface area is 108 Å². The molecular formula is C15H19ClO. The minimum atomic E-state index is 0.192. The van der Waals surface area contributed by atoms with Gasteiger partial charge in [0.05, 0.1) is 6.61 Å². The molecule has 0 fully saturated rings. The molecule has 1 aliphatic rings. The molecule has 92 valence electrons. The van der Waals surface area contributed by atoms with E-state index >= 15 is 0 Å². The normalized spacial score (nSPS) is 22.0. The van der Waals surface area contributed by atoms with Crippen molar-refractivity contribution in [2.45, 2.75) is 38.5 Å². The highest BCUT2D eigenvalue weighted by Gasteiger charge is 2.11. The molecule has 0 bridgehead atoms. The first kappa shape index (κ1) is 12.7. The fraction of sp³-hybridized carbons (Fsp3) is 0.467. The average molecular weight is 251 g/mol. The lowest BCUT2D eigenvalue weighted by Crippen LogP contribution is -2.01. The van der Waals surface area contributed by atoms with Crippen molar-refractivity contribution in [3.05, 3.63) is 40.4 Å². The van der Waals surface area contributed by atoms with Crippen LogP contribution in [0.15, 0.2) is 29.8 Å². The molecule has 0 saturated carbocycles. The standard InChI is InChI=1S/C15H19ClO/c16-14-9-7-12(8-10-14)15-6-4-2-1-3-5-13(15)11-17/h7-10,17H,1-6,11H2/b15-13-. The third-order valence-electron chi connectivity index (χ3n) is 3.47. The molecule has 0 radical (unpaired) electrons. The fourth-order valence-electron chi connectivity index (χ4n) is 2.50. The zero-order chi connectivity index (χ0) is 12.1. The second-order valence-corrected chi connectivity index (χ2v) is 5.10. The van der Waals surface area contributed by atoms with E-state index in [1.54, 1.807) is 0 Å². The molecule has 0 aromatic heterocycles. The molecule has 0 aliphatic heterocycles. The van der Waals surface area contributed by atoms with Crippen LogP contribution in [0.5, 0.6) is 0 Å². The van der Waals surface area contributed by atoms with Gasteiger partial charge in [-0.05, 0) is 54.5 Å². The maximum Gasteiger partial charge on any atom is 0.0647 e. The Kier molecular flexibility index (Phi) is 4.64. The largest absolute Gasteiger partial charge is 0.392 e. The lowest BCUT2D eigenvalue weighted by atomic mass is 9.89. The van der Waals surface area contributed by atoms with Crippen molar-refractivity contribution in [1.82, 2.24) is 0 Å². The molecule has 0 heterocycles. The zero-order valence-corrected chi connectivity index (χ0v) is 10.8. The summed E-state index contributed by atoms with van der Waals surface area (Å²) < 4.78 is 0. The van der Waals surface area contributed by atoms with Gasteiger partial charge >= 0.3 is 0 Å². The summed E-state index contributed by atoms with van der Waals surface area (Å²) in [6, 6.07) is 7.99. The van der Waals surface area contributed by atoms with Gasteiger partial charge in [-0.15, -0.1) is 0 Å². The van der Waals surface area contributed by atoms with Gasteiger partial charge in [0.15, 0.2) is 0 Å². The van der Waals surface area contributed by atoms with E-state index < -0.39 is 0 Å². The second-order valence-electron chi connectivity index (χ2n) is 4.66. The third-order valence-corrected chi connectivity index (χ3v) is 3.72. The van der Waals surface area contributed by atoms with Gasteiger partial charge in [-0.3, -0.25) is 0 Å². The van der Waals surface area contributed by atoms with Crippen molar-refractivity contribution in [3.8, 4) is 0 Å². The summed E-state index contributed by atoms with van der Waals surface area (Å²) in [5, 5.41) is 10.3. The van der Waals surface area contributed by atoms with E-state index in [0.717, 1.165) is 17.9 Å². The topological polar surface area (TPSA) is 20.2 Å². The molecule has 1 aromatic rings. The Hall–Kier alpha value is -0.790. The van der Waals surface area contributed by atoms with Crippen molar-refractivity contribution >= 4 is 17.2 Å². The zero-order valence-electron chi connectivity index (χ0n) is 10.1. The Bertz CT molecular complexity index is 392. The fourth-order valence-corrected chi connectivity index (χ4v) is 2.62. The van der Waals surface area contributed by atoms with Gasteiger partial charge in [-0.1, -0.05) is 36.6 Å². The molecule has 1 aromatic carbocycles. The van der Waals surface area contributed by atoms with Crippen molar-refractivity contribution in [2.75, 3.05) is 6.61 Å². The number of aliphatic hydroxyl groups excluding tert-OH is 1. The van der Waals surface area contributed by atoms with Gasteiger partial charge in [-0.2, -0.15) is 0 Å². The summed E-state index contributed by atoms with van der Waals surface area (Å²) in [4.78, 5) is 0. The lowest BCUT2D eigenvalue weighted by molar-refractivity contribution is 0.325. The molecule has 0 amide bonds. The average Bonchev–Trinajstić information content (AvgIpc) is 2.31. The number of hydrogen-bond donors (Lipinski definition) is 1. The van der Waals surface area contributed by atoms with Crippen LogP contribution in [0.2, 0.25) is 5.02 Å². The second kappa shape index (κ2) is 6.23. The van der Waals surface area contributed by atoms with Crippen LogP contribution in [0.4, 0.5) is 0 Å². The lowest BCUT2D eigenvalue weighted by Gasteiger charge is -2.17. The Balaban J connectivity index is 2.32. The van der Waals surface area contributed by atoms with Crippen molar-refractivity contribution < 1.29 is 5.11 Å². The molecule has 1 aliphatic carbocycles. The minimum Gasteiger partial charge on any atom is -0.392 e. The summed E-state index contributed by atoms with van der Waals surface area (Å²) in [7, 11) is 0. The van der Waals surface area contributed by atoms with Crippen LogP contribution in [-0.2, 0) is 0 Å². The number of allylic oxidation sites excluding steroid dienone is 1. The summed E-state index contributed by atoms with van der Waals surface area (Å²) in [6.45, 7) is 0.192. The Morgan fingerprint density at radius 1 is 0.941 bits per heavy atom. The summed E-state index contributed by atoms with van der Waals surface area (Å²) in [6.07, 6.45) is 7.13. The molecule has 2 heteroatoms. The van der Waals surface area contributed by atoms with Gasteiger partial charge in [0.25, 0.3) is 0 Å². The third kappa shape index (κ3) is 3.34. The van der Waals surface area contributed by atoms with Crippen LogP contribution in [0.25, 0.3) is 5.57 Å². The molecule has 0 atom stereocenters. The van der Waals surface area contributed by atoms with Crippen LogP contribution >= 0.6 is 11.6 Å². The molecule has 2 rings (SSSR count). The van der Waals surface area contributed by atoms with Crippen LogP contribution in [0.1, 0.15) is 44.1 Å². The number of halogens is 1. The number of hydrogen-bond acceptors (Lipinski definition) is 1. The first-order valence-electron chi connectivity index (χ1n) is 6.39. The molecular weight excluding hydrogens is 232 g/mol. The maximum absolute atomic E-state index is 9.51. The summed E-state index contributed by atoms with van der Waals surface area (Å²) in [5.74, 6) is 0. The SMILES string of the molecule is OC/C1=C(\c2ccc(Cl)cc2)CCCCCC1. The molecule has 0 unspecified atom stereocenters. The van der Waals surface area contributed by atoms with E-state index in [1.807, 2.05) is 12.1 Å². The predicted octanol–water partition coefficient (Wildman–Crippen LogP) is 4.44. The van der Waals surface area contributed by atoms with Crippen LogP contribution in [0, 0.1) is 0 Å². The highest BCUT2D eigenvalue weighted by Crippen LogP contribution is 2.30. The Morgan fingerprint density at radius 3 is 2.24 bits per heavy atom. The number of benzene rings is 1. The molecule has 1 nitrogen and oxygen atoms in total. The van der Waals surface area contributed by atoms with Gasteiger partial charge < -0.3 is 5.11 Å². The van der Waals surface area contributed by atoms with Crippen molar-refractivity contribution in [2.24, 2.45) is 0 Å². The molecule has 17 heavy (non-hydrogen) atoms. The van der Waals surface area contributed by atoms with E-state index in [0.29, 0.717) is 0 Å². The van der Waals surface area contributed by atoms with Crippen molar-refractivity contribution in [3.63, 3.8) is 0 Å². The van der Waals surface area contributed by atoms with Crippen LogP contribution < -0.4 is 0 Å². The molecule has 0 saturated heterocycles. The first-order chi connectivity index (χ1) is 8.31. The quantitative estimate of drug-likeness (QED) is 0.823. The van der Waals surface area contributed by atoms with Gasteiger partial charge in [0.1, 0.15) is 0 Å². The smallest absolute Gasteiger partial charge is 0.0647 e. The van der Waals surface area contributed by atoms with E-state index in [4.69, 9.17) is 11.6 Å². The van der Waals surface area contributed by atoms with Crippen LogP contribution in [0.3, 0.4) is 0 Å². The highest BCUT2D eigenvalue weighted by atomic mass is 35.5. The number of aliphatic hydroxyl groups is 1. The number of rotatable bonds is 2. The van der Waals surface area contributed by atoms with E-state index in [1.165, 1.54) is 42.4 Å².